The average molecular weight is 170 g/mol. The molecule has 1 heterocycles. The normalized spacial score (nSPS) is 27.8. The number of hydrogen-bond acceptors (Lipinski definition) is 3. The van der Waals surface area contributed by atoms with Crippen LogP contribution in [0.3, 0.4) is 0 Å². The van der Waals surface area contributed by atoms with Gasteiger partial charge in [0, 0.05) is 6.42 Å². The lowest BCUT2D eigenvalue weighted by molar-refractivity contribution is -0.162. The van der Waals surface area contributed by atoms with Gasteiger partial charge in [-0.25, -0.2) is 4.79 Å². The highest BCUT2D eigenvalue weighted by Gasteiger charge is 2.39. The molecule has 12 heavy (non-hydrogen) atoms. The third kappa shape index (κ3) is 1.60. The Morgan fingerprint density at radius 2 is 2.50 bits per heavy atom. The molecule has 0 saturated heterocycles. The second-order valence-electron chi connectivity index (χ2n) is 3.07. The molecule has 0 N–H and O–H groups in total. The molecule has 0 saturated carbocycles. The van der Waals surface area contributed by atoms with Gasteiger partial charge in [-0.2, -0.15) is 0 Å². The number of carbonyl (C=O) groups excluding carboxylic acids is 1. The molecule has 68 valence electrons. The molecular weight excluding hydrogens is 156 g/mol. The Balaban J connectivity index is 2.57. The summed E-state index contributed by atoms with van der Waals surface area (Å²) in [4.78, 5) is 11.3. The van der Waals surface area contributed by atoms with E-state index in [2.05, 4.69) is 0 Å². The molecule has 0 aromatic heterocycles. The first-order chi connectivity index (χ1) is 5.58. The van der Waals surface area contributed by atoms with E-state index in [0.29, 0.717) is 13.0 Å². The lowest BCUT2D eigenvalue weighted by atomic mass is 10.0. The van der Waals surface area contributed by atoms with E-state index in [1.165, 1.54) is 0 Å². The zero-order valence-corrected chi connectivity index (χ0v) is 7.72. The summed E-state index contributed by atoms with van der Waals surface area (Å²) in [7, 11) is 0. The van der Waals surface area contributed by atoms with E-state index in [0.717, 1.165) is 5.76 Å². The molecule has 0 aliphatic carbocycles. The minimum Gasteiger partial charge on any atom is -0.481 e. The first-order valence-corrected chi connectivity index (χ1v) is 4.11. The van der Waals surface area contributed by atoms with Gasteiger partial charge in [0.05, 0.1) is 12.4 Å². The summed E-state index contributed by atoms with van der Waals surface area (Å²) in [5.74, 6) is 0.517. The van der Waals surface area contributed by atoms with Crippen LogP contribution in [-0.4, -0.2) is 18.2 Å². The molecule has 0 radical (unpaired) electrons. The van der Waals surface area contributed by atoms with Crippen LogP contribution in [0.15, 0.2) is 11.8 Å². The van der Waals surface area contributed by atoms with Gasteiger partial charge in [-0.1, -0.05) is 0 Å². The number of ether oxygens (including phenoxy) is 2. The molecule has 0 spiro atoms. The molecule has 1 atom stereocenters. The van der Waals surface area contributed by atoms with E-state index in [4.69, 9.17) is 9.47 Å². The van der Waals surface area contributed by atoms with E-state index < -0.39 is 5.60 Å². The molecule has 3 heteroatoms. The fraction of sp³-hybridized carbons (Fsp3) is 0.667. The first-order valence-electron chi connectivity index (χ1n) is 4.11. The maximum atomic E-state index is 11.3. The topological polar surface area (TPSA) is 35.5 Å². The highest BCUT2D eigenvalue weighted by molar-refractivity contribution is 5.80. The van der Waals surface area contributed by atoms with Gasteiger partial charge in [0.1, 0.15) is 0 Å². The Morgan fingerprint density at radius 1 is 1.83 bits per heavy atom. The van der Waals surface area contributed by atoms with Crippen LogP contribution in [0.2, 0.25) is 0 Å². The lowest BCUT2D eigenvalue weighted by Gasteiger charge is -2.22. The highest BCUT2D eigenvalue weighted by atomic mass is 16.6. The Labute approximate surface area is 72.4 Å². The molecule has 0 aromatic rings. The number of esters is 1. The van der Waals surface area contributed by atoms with Gasteiger partial charge in [0.25, 0.3) is 0 Å². The molecule has 0 fully saturated rings. The maximum absolute atomic E-state index is 11.3. The van der Waals surface area contributed by atoms with Crippen LogP contribution >= 0.6 is 0 Å². The fourth-order valence-corrected chi connectivity index (χ4v) is 1.19. The van der Waals surface area contributed by atoms with Crippen molar-refractivity contribution in [2.75, 3.05) is 6.61 Å². The van der Waals surface area contributed by atoms with Gasteiger partial charge >= 0.3 is 5.97 Å². The average Bonchev–Trinajstić information content (AvgIpc) is 2.33. The summed E-state index contributed by atoms with van der Waals surface area (Å²) in [6, 6.07) is 0. The number of rotatable bonds is 2. The van der Waals surface area contributed by atoms with Gasteiger partial charge in [-0.15, -0.1) is 0 Å². The van der Waals surface area contributed by atoms with Crippen molar-refractivity contribution in [1.29, 1.82) is 0 Å². The van der Waals surface area contributed by atoms with Crippen molar-refractivity contribution in [3.63, 3.8) is 0 Å². The molecule has 1 aliphatic heterocycles. The SMILES string of the molecule is CCOC(=O)C1(C)CC=C(C)O1. The van der Waals surface area contributed by atoms with Crippen molar-refractivity contribution in [2.24, 2.45) is 0 Å². The van der Waals surface area contributed by atoms with Gasteiger partial charge < -0.3 is 9.47 Å². The molecular formula is C9H14O3. The fourth-order valence-electron chi connectivity index (χ4n) is 1.19. The van der Waals surface area contributed by atoms with Crippen LogP contribution in [0.5, 0.6) is 0 Å². The summed E-state index contributed by atoms with van der Waals surface area (Å²) in [6.45, 7) is 5.77. The third-order valence-electron chi connectivity index (χ3n) is 1.87. The second kappa shape index (κ2) is 3.17. The van der Waals surface area contributed by atoms with E-state index in [-0.39, 0.29) is 5.97 Å². The Kier molecular flexibility index (Phi) is 2.40. The Hall–Kier alpha value is -0.990. The van der Waals surface area contributed by atoms with Crippen LogP contribution < -0.4 is 0 Å². The summed E-state index contributed by atoms with van der Waals surface area (Å²) in [5.41, 5.74) is -0.778. The monoisotopic (exact) mass is 170 g/mol. The third-order valence-corrected chi connectivity index (χ3v) is 1.87. The van der Waals surface area contributed by atoms with Crippen molar-refractivity contribution in [3.8, 4) is 0 Å². The van der Waals surface area contributed by atoms with E-state index in [9.17, 15) is 4.79 Å². The van der Waals surface area contributed by atoms with Crippen molar-refractivity contribution >= 4 is 5.97 Å². The number of hydrogen-bond donors (Lipinski definition) is 0. The molecule has 3 nitrogen and oxygen atoms in total. The van der Waals surface area contributed by atoms with Gasteiger partial charge in [0.2, 0.25) is 5.60 Å². The Morgan fingerprint density at radius 3 is 2.92 bits per heavy atom. The van der Waals surface area contributed by atoms with Crippen molar-refractivity contribution in [1.82, 2.24) is 0 Å². The van der Waals surface area contributed by atoms with Crippen LogP contribution in [0, 0.1) is 0 Å². The summed E-state index contributed by atoms with van der Waals surface area (Å²) < 4.78 is 10.2. The van der Waals surface area contributed by atoms with Crippen LogP contribution in [-0.2, 0) is 14.3 Å². The number of allylic oxidation sites excluding steroid dienone is 1. The second-order valence-corrected chi connectivity index (χ2v) is 3.07. The molecule has 0 aromatic carbocycles. The van der Waals surface area contributed by atoms with Gasteiger partial charge in [-0.3, -0.25) is 0 Å². The minimum atomic E-state index is -0.778. The van der Waals surface area contributed by atoms with E-state index >= 15 is 0 Å². The summed E-state index contributed by atoms with van der Waals surface area (Å²) >= 11 is 0. The summed E-state index contributed by atoms with van der Waals surface area (Å²) in [6.07, 6.45) is 2.51. The Bertz CT molecular complexity index is 220. The molecule has 0 bridgehead atoms. The lowest BCUT2D eigenvalue weighted by Crippen LogP contribution is -2.36. The van der Waals surface area contributed by atoms with Crippen LogP contribution in [0.25, 0.3) is 0 Å². The standard InChI is InChI=1S/C9H14O3/c1-4-11-8(10)9(3)6-5-7(2)12-9/h5H,4,6H2,1-3H3. The van der Waals surface area contributed by atoms with Gasteiger partial charge in [0.15, 0.2) is 0 Å². The van der Waals surface area contributed by atoms with Crippen molar-refractivity contribution in [2.45, 2.75) is 32.8 Å². The van der Waals surface area contributed by atoms with Crippen molar-refractivity contribution < 1.29 is 14.3 Å². The number of carbonyl (C=O) groups is 1. The first kappa shape index (κ1) is 9.10. The van der Waals surface area contributed by atoms with Crippen LogP contribution in [0.4, 0.5) is 0 Å². The maximum Gasteiger partial charge on any atom is 0.350 e. The zero-order chi connectivity index (χ0) is 9.19. The minimum absolute atomic E-state index is 0.280. The smallest absolute Gasteiger partial charge is 0.350 e. The molecule has 1 aliphatic rings. The van der Waals surface area contributed by atoms with Gasteiger partial charge in [-0.05, 0) is 26.8 Å². The summed E-state index contributed by atoms with van der Waals surface area (Å²) in [5, 5.41) is 0. The predicted molar refractivity (Wildman–Crippen MR) is 44.5 cm³/mol. The highest BCUT2D eigenvalue weighted by Crippen LogP contribution is 2.28. The molecule has 0 amide bonds. The predicted octanol–water partition coefficient (Wildman–Crippen LogP) is 1.63. The molecule has 1 unspecified atom stereocenters. The zero-order valence-electron chi connectivity index (χ0n) is 7.72. The van der Waals surface area contributed by atoms with E-state index in [1.807, 2.05) is 13.0 Å². The van der Waals surface area contributed by atoms with Crippen molar-refractivity contribution in [3.05, 3.63) is 11.8 Å². The van der Waals surface area contributed by atoms with E-state index in [1.54, 1.807) is 13.8 Å². The molecule has 1 rings (SSSR count). The van der Waals surface area contributed by atoms with Crippen LogP contribution in [0.1, 0.15) is 27.2 Å². The largest absolute Gasteiger partial charge is 0.481 e. The quantitative estimate of drug-likeness (QED) is 0.591.